The van der Waals surface area contributed by atoms with Crippen LogP contribution in [0.4, 0.5) is 5.82 Å². The second-order valence-electron chi connectivity index (χ2n) is 5.90. The largest absolute Gasteiger partial charge is 0.457 e. The van der Waals surface area contributed by atoms with Crippen molar-refractivity contribution < 1.29 is 13.9 Å². The van der Waals surface area contributed by atoms with Crippen LogP contribution in [0.1, 0.15) is 29.0 Å². The number of pyridine rings is 1. The van der Waals surface area contributed by atoms with Gasteiger partial charge in [-0.15, -0.1) is 0 Å². The summed E-state index contributed by atoms with van der Waals surface area (Å²) in [5.41, 5.74) is 1.30. The summed E-state index contributed by atoms with van der Waals surface area (Å²) >= 11 is 0. The third-order valence-corrected chi connectivity index (χ3v) is 4.23. The number of esters is 1. The van der Waals surface area contributed by atoms with Crippen molar-refractivity contribution in [2.45, 2.75) is 19.4 Å². The number of hydrogen-bond acceptors (Lipinski definition) is 5. The minimum Gasteiger partial charge on any atom is -0.457 e. The van der Waals surface area contributed by atoms with E-state index in [1.54, 1.807) is 18.3 Å². The standard InChI is InChI=1S/C19H18N2O3/c22-19(16-7-5-9-20-18(16)21-10-3-4-11-21)23-13-15-12-14-6-1-2-8-17(14)24-15/h1-2,5-9,12H,3-4,10-11,13H2. The van der Waals surface area contributed by atoms with Crippen molar-refractivity contribution in [2.75, 3.05) is 18.0 Å². The molecular formula is C19H18N2O3. The van der Waals surface area contributed by atoms with Crippen LogP contribution in [0.2, 0.25) is 0 Å². The minimum atomic E-state index is -0.370. The summed E-state index contributed by atoms with van der Waals surface area (Å²) in [6.45, 7) is 1.98. The van der Waals surface area contributed by atoms with Crippen molar-refractivity contribution in [3.8, 4) is 0 Å². The highest BCUT2D eigenvalue weighted by molar-refractivity contribution is 5.94. The lowest BCUT2D eigenvalue weighted by Gasteiger charge is -2.18. The smallest absolute Gasteiger partial charge is 0.342 e. The van der Waals surface area contributed by atoms with Gasteiger partial charge >= 0.3 is 5.97 Å². The van der Waals surface area contributed by atoms with Gasteiger partial charge in [0, 0.05) is 24.7 Å². The molecule has 5 heteroatoms. The normalized spacial score (nSPS) is 14.2. The summed E-state index contributed by atoms with van der Waals surface area (Å²) in [5.74, 6) is 0.978. The number of nitrogens with zero attached hydrogens (tertiary/aromatic N) is 2. The SMILES string of the molecule is O=C(OCc1cc2ccccc2o1)c1cccnc1N1CCCC1. The molecule has 1 fully saturated rings. The van der Waals surface area contributed by atoms with Crippen molar-refractivity contribution in [1.29, 1.82) is 0 Å². The van der Waals surface area contributed by atoms with Crippen molar-refractivity contribution in [2.24, 2.45) is 0 Å². The number of rotatable bonds is 4. The third kappa shape index (κ3) is 2.85. The molecule has 24 heavy (non-hydrogen) atoms. The zero-order valence-electron chi connectivity index (χ0n) is 13.3. The molecule has 0 amide bonds. The first-order valence-electron chi connectivity index (χ1n) is 8.16. The summed E-state index contributed by atoms with van der Waals surface area (Å²) in [7, 11) is 0. The molecule has 0 bridgehead atoms. The first-order valence-corrected chi connectivity index (χ1v) is 8.16. The number of carbonyl (C=O) groups is 1. The molecule has 0 unspecified atom stereocenters. The Balaban J connectivity index is 1.50. The number of benzene rings is 1. The lowest BCUT2D eigenvalue weighted by atomic mass is 10.2. The molecule has 3 aromatic rings. The molecular weight excluding hydrogens is 304 g/mol. The van der Waals surface area contributed by atoms with Crippen LogP contribution >= 0.6 is 0 Å². The highest BCUT2D eigenvalue weighted by Gasteiger charge is 2.21. The van der Waals surface area contributed by atoms with Crippen molar-refractivity contribution >= 4 is 22.8 Å². The Kier molecular flexibility index (Phi) is 3.91. The van der Waals surface area contributed by atoms with Gasteiger partial charge in [0.25, 0.3) is 0 Å². The van der Waals surface area contributed by atoms with Gasteiger partial charge in [0.1, 0.15) is 29.3 Å². The van der Waals surface area contributed by atoms with Gasteiger partial charge in [-0.2, -0.15) is 0 Å². The first-order chi connectivity index (χ1) is 11.8. The molecule has 0 spiro atoms. The molecule has 0 N–H and O–H groups in total. The van der Waals surface area contributed by atoms with E-state index in [4.69, 9.17) is 9.15 Å². The quantitative estimate of drug-likeness (QED) is 0.684. The predicted molar refractivity (Wildman–Crippen MR) is 91.0 cm³/mol. The third-order valence-electron chi connectivity index (χ3n) is 4.23. The lowest BCUT2D eigenvalue weighted by Crippen LogP contribution is -2.22. The molecule has 1 aliphatic heterocycles. The average Bonchev–Trinajstić information content (AvgIpc) is 3.28. The Morgan fingerprint density at radius 3 is 2.83 bits per heavy atom. The molecule has 122 valence electrons. The van der Waals surface area contributed by atoms with Gasteiger partial charge in [-0.05, 0) is 37.1 Å². The molecule has 0 atom stereocenters. The number of carbonyl (C=O) groups excluding carboxylic acids is 1. The van der Waals surface area contributed by atoms with Crippen LogP contribution in [0.25, 0.3) is 11.0 Å². The van der Waals surface area contributed by atoms with E-state index < -0.39 is 0 Å². The summed E-state index contributed by atoms with van der Waals surface area (Å²) in [5, 5.41) is 1.00. The number of para-hydroxylation sites is 1. The van der Waals surface area contributed by atoms with Gasteiger partial charge in [0.05, 0.1) is 0 Å². The molecule has 0 aliphatic carbocycles. The van der Waals surface area contributed by atoms with E-state index in [0.717, 1.165) is 36.9 Å². The van der Waals surface area contributed by atoms with Crippen LogP contribution < -0.4 is 4.90 Å². The molecule has 3 heterocycles. The lowest BCUT2D eigenvalue weighted by molar-refractivity contribution is 0.0448. The molecule has 4 rings (SSSR count). The van der Waals surface area contributed by atoms with Gasteiger partial charge in [-0.25, -0.2) is 9.78 Å². The van der Waals surface area contributed by atoms with Crippen LogP contribution in [0, 0.1) is 0 Å². The molecule has 2 aromatic heterocycles. The second kappa shape index (κ2) is 6.35. The van der Waals surface area contributed by atoms with E-state index in [9.17, 15) is 4.79 Å². The van der Waals surface area contributed by atoms with Gasteiger partial charge in [0.2, 0.25) is 0 Å². The predicted octanol–water partition coefficient (Wildman–Crippen LogP) is 3.79. The minimum absolute atomic E-state index is 0.113. The van der Waals surface area contributed by atoms with Gasteiger partial charge < -0.3 is 14.1 Å². The Morgan fingerprint density at radius 1 is 1.17 bits per heavy atom. The Morgan fingerprint density at radius 2 is 2.00 bits per heavy atom. The summed E-state index contributed by atoms with van der Waals surface area (Å²) < 4.78 is 11.1. The topological polar surface area (TPSA) is 55.6 Å². The zero-order chi connectivity index (χ0) is 16.4. The number of ether oxygens (including phenoxy) is 1. The fourth-order valence-corrected chi connectivity index (χ4v) is 3.06. The van der Waals surface area contributed by atoms with Crippen molar-refractivity contribution in [1.82, 2.24) is 4.98 Å². The highest BCUT2D eigenvalue weighted by atomic mass is 16.5. The monoisotopic (exact) mass is 322 g/mol. The van der Waals surface area contributed by atoms with Crippen molar-refractivity contribution in [3.05, 3.63) is 60.0 Å². The molecule has 1 saturated heterocycles. The van der Waals surface area contributed by atoms with Gasteiger partial charge in [-0.1, -0.05) is 18.2 Å². The Bertz CT molecular complexity index is 833. The average molecular weight is 322 g/mol. The highest BCUT2D eigenvalue weighted by Crippen LogP contribution is 2.24. The maximum Gasteiger partial charge on any atom is 0.342 e. The van der Waals surface area contributed by atoms with Crippen LogP contribution in [-0.4, -0.2) is 24.0 Å². The zero-order valence-corrected chi connectivity index (χ0v) is 13.3. The number of hydrogen-bond donors (Lipinski definition) is 0. The van der Waals surface area contributed by atoms with Crippen LogP contribution in [-0.2, 0) is 11.3 Å². The molecule has 0 saturated carbocycles. The number of aromatic nitrogens is 1. The summed E-state index contributed by atoms with van der Waals surface area (Å²) in [4.78, 5) is 19.0. The number of anilines is 1. The molecule has 1 aromatic carbocycles. The first kappa shape index (κ1) is 14.8. The molecule has 0 radical (unpaired) electrons. The Labute approximate surface area is 139 Å². The van der Waals surface area contributed by atoms with Crippen LogP contribution in [0.3, 0.4) is 0 Å². The van der Waals surface area contributed by atoms with Gasteiger partial charge in [-0.3, -0.25) is 0 Å². The van der Waals surface area contributed by atoms with E-state index in [0.29, 0.717) is 17.1 Å². The fourth-order valence-electron chi connectivity index (χ4n) is 3.06. The van der Waals surface area contributed by atoms with Crippen molar-refractivity contribution in [3.63, 3.8) is 0 Å². The Hall–Kier alpha value is -2.82. The maximum atomic E-state index is 12.5. The van der Waals surface area contributed by atoms with E-state index >= 15 is 0 Å². The van der Waals surface area contributed by atoms with E-state index in [2.05, 4.69) is 9.88 Å². The van der Waals surface area contributed by atoms with E-state index in [-0.39, 0.29) is 12.6 Å². The van der Waals surface area contributed by atoms with E-state index in [1.165, 1.54) is 0 Å². The maximum absolute atomic E-state index is 12.5. The fraction of sp³-hybridized carbons (Fsp3) is 0.263. The van der Waals surface area contributed by atoms with Crippen LogP contribution in [0.15, 0.2) is 53.1 Å². The van der Waals surface area contributed by atoms with Crippen LogP contribution in [0.5, 0.6) is 0 Å². The number of fused-ring (bicyclic) bond motifs is 1. The van der Waals surface area contributed by atoms with Gasteiger partial charge in [0.15, 0.2) is 0 Å². The van der Waals surface area contributed by atoms with E-state index in [1.807, 2.05) is 30.3 Å². The summed E-state index contributed by atoms with van der Waals surface area (Å²) in [6, 6.07) is 13.2. The second-order valence-corrected chi connectivity index (χ2v) is 5.90. The molecule has 5 nitrogen and oxygen atoms in total. The number of furan rings is 1. The summed E-state index contributed by atoms with van der Waals surface area (Å²) in [6.07, 6.45) is 3.97. The molecule has 1 aliphatic rings.